The van der Waals surface area contributed by atoms with Crippen LogP contribution in [0.2, 0.25) is 0 Å². The molecule has 0 unspecified atom stereocenters. The average Bonchev–Trinajstić information content (AvgIpc) is 2.01. The molecule has 2 nitrogen and oxygen atoms in total. The lowest BCUT2D eigenvalue weighted by Crippen LogP contribution is -1.91. The summed E-state index contributed by atoms with van der Waals surface area (Å²) >= 11 is 0. The Balaban J connectivity index is 3.37. The van der Waals surface area contributed by atoms with Gasteiger partial charge in [-0.15, -0.1) is 0 Å². The van der Waals surface area contributed by atoms with Crippen molar-refractivity contribution < 1.29 is 9.59 Å². The molecule has 0 aliphatic carbocycles. The monoisotopic (exact) mass is 154 g/mol. The fraction of sp³-hybridized carbons (Fsp3) is 0.556. The number of rotatable bonds is 6. The molecule has 0 N–H and O–H groups in total. The van der Waals surface area contributed by atoms with Gasteiger partial charge in [0.2, 0.25) is 0 Å². The zero-order chi connectivity index (χ0) is 8.53. The zero-order valence-electron chi connectivity index (χ0n) is 6.88. The highest BCUT2D eigenvalue weighted by atomic mass is 16.1. The van der Waals surface area contributed by atoms with Crippen molar-refractivity contribution in [2.75, 3.05) is 0 Å². The van der Waals surface area contributed by atoms with E-state index in [1.54, 1.807) is 0 Å². The van der Waals surface area contributed by atoms with E-state index < -0.39 is 0 Å². The van der Waals surface area contributed by atoms with E-state index in [2.05, 4.69) is 6.92 Å². The SMILES string of the molecule is CCCCCC(=O)/C=C\C=O. The second kappa shape index (κ2) is 7.19. The lowest BCUT2D eigenvalue weighted by molar-refractivity contribution is -0.115. The lowest BCUT2D eigenvalue weighted by atomic mass is 10.1. The number of hydrogen-bond acceptors (Lipinski definition) is 2. The topological polar surface area (TPSA) is 34.1 Å². The molecule has 0 radical (unpaired) electrons. The van der Waals surface area contributed by atoms with Gasteiger partial charge in [0.1, 0.15) is 6.29 Å². The van der Waals surface area contributed by atoms with Crippen molar-refractivity contribution in [1.29, 1.82) is 0 Å². The zero-order valence-corrected chi connectivity index (χ0v) is 6.88. The Kier molecular flexibility index (Phi) is 6.59. The molecule has 0 amide bonds. The molecule has 11 heavy (non-hydrogen) atoms. The fourth-order valence-corrected chi connectivity index (χ4v) is 0.779. The molecule has 0 heterocycles. The van der Waals surface area contributed by atoms with Crippen molar-refractivity contribution >= 4 is 12.1 Å². The molecule has 0 atom stereocenters. The summed E-state index contributed by atoms with van der Waals surface area (Å²) in [6.07, 6.45) is 6.90. The van der Waals surface area contributed by atoms with Gasteiger partial charge in [0.05, 0.1) is 0 Å². The molecule has 0 bridgehead atoms. The van der Waals surface area contributed by atoms with E-state index in [9.17, 15) is 9.59 Å². The summed E-state index contributed by atoms with van der Waals surface area (Å²) in [4.78, 5) is 20.6. The summed E-state index contributed by atoms with van der Waals surface area (Å²) < 4.78 is 0. The Bertz CT molecular complexity index is 148. The van der Waals surface area contributed by atoms with E-state index >= 15 is 0 Å². The normalized spacial score (nSPS) is 10.3. The van der Waals surface area contributed by atoms with Gasteiger partial charge in [-0.05, 0) is 18.6 Å². The molecule has 2 heteroatoms. The minimum absolute atomic E-state index is 0.0468. The molecule has 0 aromatic rings. The first-order valence-electron chi connectivity index (χ1n) is 3.96. The average molecular weight is 154 g/mol. The molecule has 0 aromatic carbocycles. The molecule has 0 rings (SSSR count). The number of allylic oxidation sites excluding steroid dienone is 2. The summed E-state index contributed by atoms with van der Waals surface area (Å²) in [6, 6.07) is 0. The molecule has 0 saturated heterocycles. The fourth-order valence-electron chi connectivity index (χ4n) is 0.779. The summed E-state index contributed by atoms with van der Waals surface area (Å²) in [5.74, 6) is 0.0468. The molecular weight excluding hydrogens is 140 g/mol. The summed E-state index contributed by atoms with van der Waals surface area (Å²) in [5.41, 5.74) is 0. The van der Waals surface area contributed by atoms with Crippen LogP contribution in [0.25, 0.3) is 0 Å². The van der Waals surface area contributed by atoms with E-state index in [1.807, 2.05) is 0 Å². The van der Waals surface area contributed by atoms with Gasteiger partial charge < -0.3 is 0 Å². The van der Waals surface area contributed by atoms with Crippen LogP contribution in [0.5, 0.6) is 0 Å². The van der Waals surface area contributed by atoms with Crippen LogP contribution >= 0.6 is 0 Å². The number of hydrogen-bond donors (Lipinski definition) is 0. The minimum Gasteiger partial charge on any atom is -0.299 e. The summed E-state index contributed by atoms with van der Waals surface area (Å²) in [5, 5.41) is 0. The second-order valence-electron chi connectivity index (χ2n) is 2.42. The summed E-state index contributed by atoms with van der Waals surface area (Å²) in [7, 11) is 0. The van der Waals surface area contributed by atoms with E-state index in [0.29, 0.717) is 12.7 Å². The van der Waals surface area contributed by atoms with E-state index in [1.165, 1.54) is 12.2 Å². The quantitative estimate of drug-likeness (QED) is 0.332. The van der Waals surface area contributed by atoms with Gasteiger partial charge in [0.25, 0.3) is 0 Å². The smallest absolute Gasteiger partial charge is 0.155 e. The number of carbonyl (C=O) groups excluding carboxylic acids is 2. The maximum absolute atomic E-state index is 10.8. The van der Waals surface area contributed by atoms with Gasteiger partial charge in [0.15, 0.2) is 5.78 Å². The molecule has 62 valence electrons. The first-order valence-corrected chi connectivity index (χ1v) is 3.96. The van der Waals surface area contributed by atoms with Crippen molar-refractivity contribution in [1.82, 2.24) is 0 Å². The molecule has 0 saturated carbocycles. The van der Waals surface area contributed by atoms with Crippen LogP contribution in [0.1, 0.15) is 32.6 Å². The van der Waals surface area contributed by atoms with Gasteiger partial charge in [-0.3, -0.25) is 9.59 Å². The highest BCUT2D eigenvalue weighted by Crippen LogP contribution is 1.99. The first-order chi connectivity index (χ1) is 5.31. The minimum atomic E-state index is 0.0468. The Morgan fingerprint density at radius 3 is 2.64 bits per heavy atom. The maximum atomic E-state index is 10.8. The third-order valence-electron chi connectivity index (χ3n) is 1.39. The molecule has 0 aromatic heterocycles. The van der Waals surface area contributed by atoms with E-state index in [-0.39, 0.29) is 5.78 Å². The Morgan fingerprint density at radius 1 is 1.36 bits per heavy atom. The van der Waals surface area contributed by atoms with Crippen LogP contribution in [0.3, 0.4) is 0 Å². The van der Waals surface area contributed by atoms with Gasteiger partial charge in [-0.2, -0.15) is 0 Å². The van der Waals surface area contributed by atoms with Crippen LogP contribution in [0.15, 0.2) is 12.2 Å². The Morgan fingerprint density at radius 2 is 2.09 bits per heavy atom. The van der Waals surface area contributed by atoms with Crippen molar-refractivity contribution in [3.8, 4) is 0 Å². The van der Waals surface area contributed by atoms with Gasteiger partial charge in [-0.25, -0.2) is 0 Å². The van der Waals surface area contributed by atoms with Crippen molar-refractivity contribution in [2.24, 2.45) is 0 Å². The van der Waals surface area contributed by atoms with Crippen molar-refractivity contribution in [3.63, 3.8) is 0 Å². The maximum Gasteiger partial charge on any atom is 0.155 e. The first kappa shape index (κ1) is 10.1. The van der Waals surface area contributed by atoms with Gasteiger partial charge in [-0.1, -0.05) is 19.8 Å². The predicted octanol–water partition coefficient (Wildman–Crippen LogP) is 1.89. The molecule has 0 aliphatic heterocycles. The van der Waals surface area contributed by atoms with Crippen LogP contribution in [0.4, 0.5) is 0 Å². The molecule has 0 aliphatic rings. The van der Waals surface area contributed by atoms with Gasteiger partial charge in [0, 0.05) is 6.42 Å². The molecular formula is C9H14O2. The Hall–Kier alpha value is -0.920. The van der Waals surface area contributed by atoms with E-state index in [0.717, 1.165) is 19.3 Å². The highest BCUT2D eigenvalue weighted by molar-refractivity contribution is 5.92. The largest absolute Gasteiger partial charge is 0.299 e. The number of carbonyl (C=O) groups is 2. The predicted molar refractivity (Wildman–Crippen MR) is 44.4 cm³/mol. The van der Waals surface area contributed by atoms with Crippen LogP contribution in [0, 0.1) is 0 Å². The molecule has 0 spiro atoms. The highest BCUT2D eigenvalue weighted by Gasteiger charge is 1.94. The van der Waals surface area contributed by atoms with Gasteiger partial charge >= 0.3 is 0 Å². The van der Waals surface area contributed by atoms with Crippen LogP contribution < -0.4 is 0 Å². The van der Waals surface area contributed by atoms with Crippen molar-refractivity contribution in [2.45, 2.75) is 32.6 Å². The number of unbranched alkanes of at least 4 members (excludes halogenated alkanes) is 2. The lowest BCUT2D eigenvalue weighted by Gasteiger charge is -1.92. The van der Waals surface area contributed by atoms with Crippen LogP contribution in [-0.4, -0.2) is 12.1 Å². The molecule has 0 fully saturated rings. The second-order valence-corrected chi connectivity index (χ2v) is 2.42. The van der Waals surface area contributed by atoms with E-state index in [4.69, 9.17) is 0 Å². The summed E-state index contributed by atoms with van der Waals surface area (Å²) in [6.45, 7) is 2.09. The van der Waals surface area contributed by atoms with Crippen molar-refractivity contribution in [3.05, 3.63) is 12.2 Å². The number of aldehydes is 1. The third-order valence-corrected chi connectivity index (χ3v) is 1.39. The Labute approximate surface area is 67.3 Å². The number of ketones is 1. The standard InChI is InChI=1S/C9H14O2/c1-2-3-4-6-9(11)7-5-8-10/h5,7-8H,2-4,6H2,1H3/b7-5-. The third kappa shape index (κ3) is 6.97. The van der Waals surface area contributed by atoms with Crippen LogP contribution in [-0.2, 0) is 9.59 Å².